The van der Waals surface area contributed by atoms with Crippen LogP contribution in [0.4, 0.5) is 5.82 Å². The number of nitrogen functional groups attached to an aromatic ring is 1. The van der Waals surface area contributed by atoms with E-state index in [0.717, 1.165) is 0 Å². The lowest BCUT2D eigenvalue weighted by Crippen LogP contribution is -2.16. The number of aromatic amines is 1. The molecule has 0 fully saturated rings. The van der Waals surface area contributed by atoms with Gasteiger partial charge < -0.3 is 10.7 Å². The Kier molecular flexibility index (Phi) is 1.66. The number of fused-ring (bicyclic) bond motifs is 1. The van der Waals surface area contributed by atoms with E-state index < -0.39 is 15.2 Å². The first kappa shape index (κ1) is 8.84. The number of hydrogen-bond acceptors (Lipinski definition) is 6. The van der Waals surface area contributed by atoms with Crippen molar-refractivity contribution in [2.45, 2.75) is 5.16 Å². The Bertz CT molecular complexity index is 587. The average Bonchev–Trinajstić information content (AvgIpc) is 2.50. The number of sulfonamides is 1. The number of rotatable bonds is 1. The van der Waals surface area contributed by atoms with Crippen LogP contribution < -0.4 is 10.9 Å². The molecule has 0 aromatic carbocycles. The predicted octanol–water partition coefficient (Wildman–Crippen LogP) is -1.42. The summed E-state index contributed by atoms with van der Waals surface area (Å²) in [7, 11) is -3.95. The quantitative estimate of drug-likeness (QED) is 0.497. The second kappa shape index (κ2) is 2.62. The van der Waals surface area contributed by atoms with Crippen molar-refractivity contribution < 1.29 is 8.42 Å². The Balaban J connectivity index is 2.83. The molecule has 14 heavy (non-hydrogen) atoms. The van der Waals surface area contributed by atoms with E-state index >= 15 is 0 Å². The van der Waals surface area contributed by atoms with Crippen LogP contribution in [0.25, 0.3) is 11.2 Å². The number of nitrogens with two attached hydrogens (primary N) is 2. The Hall–Kier alpha value is -1.74. The average molecular weight is 214 g/mol. The molecule has 9 heteroatoms. The van der Waals surface area contributed by atoms with Gasteiger partial charge >= 0.3 is 0 Å². The zero-order chi connectivity index (χ0) is 10.3. The van der Waals surface area contributed by atoms with Crippen molar-refractivity contribution in [1.82, 2.24) is 19.9 Å². The Labute approximate surface area is 78.4 Å². The standard InChI is InChI=1S/C5H6N6O2S/c6-3-2-4(9-1-8-2)11-5(10-3)14(7,12)13/h1H,(H2,7,12,13)(H3,6,8,9,10,11). The Morgan fingerprint density at radius 2 is 2.07 bits per heavy atom. The van der Waals surface area contributed by atoms with E-state index in [1.165, 1.54) is 6.33 Å². The van der Waals surface area contributed by atoms with Crippen molar-refractivity contribution >= 4 is 27.0 Å². The van der Waals surface area contributed by atoms with Gasteiger partial charge in [-0.3, -0.25) is 0 Å². The molecule has 2 rings (SSSR count). The first-order chi connectivity index (χ1) is 6.48. The third-order valence-electron chi connectivity index (χ3n) is 1.55. The SMILES string of the molecule is Nc1nc(S(N)(=O)=O)nc2nc[nH]c12. The second-order valence-electron chi connectivity index (χ2n) is 2.54. The highest BCUT2D eigenvalue weighted by atomic mass is 32.2. The number of hydrogen-bond donors (Lipinski definition) is 3. The van der Waals surface area contributed by atoms with E-state index in [1.807, 2.05) is 0 Å². The van der Waals surface area contributed by atoms with Gasteiger partial charge in [0.1, 0.15) is 5.52 Å². The number of nitrogens with zero attached hydrogens (tertiary/aromatic N) is 3. The van der Waals surface area contributed by atoms with Gasteiger partial charge in [-0.1, -0.05) is 0 Å². The van der Waals surface area contributed by atoms with Gasteiger partial charge in [0.15, 0.2) is 11.5 Å². The molecule has 8 nitrogen and oxygen atoms in total. The van der Waals surface area contributed by atoms with Crippen LogP contribution in [0, 0.1) is 0 Å². The highest BCUT2D eigenvalue weighted by Gasteiger charge is 2.15. The van der Waals surface area contributed by atoms with Crippen LogP contribution in [0.3, 0.4) is 0 Å². The summed E-state index contributed by atoms with van der Waals surface area (Å²) in [6, 6.07) is 0. The normalized spacial score (nSPS) is 12.1. The Morgan fingerprint density at radius 3 is 2.71 bits per heavy atom. The minimum atomic E-state index is -3.95. The van der Waals surface area contributed by atoms with E-state index in [1.54, 1.807) is 0 Å². The first-order valence-electron chi connectivity index (χ1n) is 3.48. The molecule has 0 amide bonds. The van der Waals surface area contributed by atoms with Gasteiger partial charge in [0.25, 0.3) is 15.2 Å². The van der Waals surface area contributed by atoms with E-state index in [-0.39, 0.29) is 11.5 Å². The number of imidazole rings is 1. The zero-order valence-electron chi connectivity index (χ0n) is 6.80. The topological polar surface area (TPSA) is 141 Å². The molecule has 0 saturated carbocycles. The largest absolute Gasteiger partial charge is 0.382 e. The molecular formula is C5H6N6O2S. The zero-order valence-corrected chi connectivity index (χ0v) is 7.61. The summed E-state index contributed by atoms with van der Waals surface area (Å²) in [5, 5.41) is 4.31. The fraction of sp³-hybridized carbons (Fsp3) is 0. The van der Waals surface area contributed by atoms with E-state index in [0.29, 0.717) is 5.52 Å². The summed E-state index contributed by atoms with van der Waals surface area (Å²) >= 11 is 0. The minimum Gasteiger partial charge on any atom is -0.382 e. The molecule has 0 atom stereocenters. The molecule has 0 aliphatic heterocycles. The lowest BCUT2D eigenvalue weighted by Gasteiger charge is -1.98. The van der Waals surface area contributed by atoms with Crippen LogP contribution in [-0.2, 0) is 10.0 Å². The molecule has 0 bridgehead atoms. The highest BCUT2D eigenvalue weighted by molar-refractivity contribution is 7.89. The van der Waals surface area contributed by atoms with E-state index in [2.05, 4.69) is 19.9 Å². The lowest BCUT2D eigenvalue weighted by molar-refractivity contribution is 0.589. The lowest BCUT2D eigenvalue weighted by atomic mass is 10.5. The summed E-state index contributed by atoms with van der Waals surface area (Å²) in [4.78, 5) is 13.6. The van der Waals surface area contributed by atoms with Crippen molar-refractivity contribution in [1.29, 1.82) is 0 Å². The van der Waals surface area contributed by atoms with Crippen LogP contribution in [0.2, 0.25) is 0 Å². The van der Waals surface area contributed by atoms with Crippen molar-refractivity contribution in [3.8, 4) is 0 Å². The molecule has 0 saturated heterocycles. The monoisotopic (exact) mass is 214 g/mol. The van der Waals surface area contributed by atoms with Crippen LogP contribution in [0.5, 0.6) is 0 Å². The molecule has 0 radical (unpaired) electrons. The van der Waals surface area contributed by atoms with Crippen molar-refractivity contribution in [3.63, 3.8) is 0 Å². The fourth-order valence-electron chi connectivity index (χ4n) is 0.962. The van der Waals surface area contributed by atoms with Gasteiger partial charge in [0.05, 0.1) is 6.33 Å². The first-order valence-corrected chi connectivity index (χ1v) is 5.02. The van der Waals surface area contributed by atoms with Gasteiger partial charge in [-0.25, -0.2) is 18.5 Å². The molecule has 2 aromatic heterocycles. The van der Waals surface area contributed by atoms with Crippen LogP contribution in [-0.4, -0.2) is 28.4 Å². The van der Waals surface area contributed by atoms with Crippen molar-refractivity contribution in [2.24, 2.45) is 5.14 Å². The van der Waals surface area contributed by atoms with Crippen LogP contribution in [0.15, 0.2) is 11.5 Å². The molecule has 0 unspecified atom stereocenters. The minimum absolute atomic E-state index is 0.00322. The second-order valence-corrected chi connectivity index (χ2v) is 3.99. The number of nitrogens with one attached hydrogen (secondary N) is 1. The number of anilines is 1. The van der Waals surface area contributed by atoms with Crippen LogP contribution in [0.1, 0.15) is 0 Å². The third kappa shape index (κ3) is 1.28. The third-order valence-corrected chi connectivity index (χ3v) is 2.24. The van der Waals surface area contributed by atoms with Gasteiger partial charge in [-0.15, -0.1) is 0 Å². The fourth-order valence-corrected chi connectivity index (χ4v) is 1.40. The molecule has 74 valence electrons. The van der Waals surface area contributed by atoms with E-state index in [9.17, 15) is 8.42 Å². The Morgan fingerprint density at radius 1 is 1.36 bits per heavy atom. The maximum atomic E-state index is 10.9. The number of aromatic nitrogens is 4. The maximum Gasteiger partial charge on any atom is 0.273 e. The summed E-state index contributed by atoms with van der Waals surface area (Å²) in [6.45, 7) is 0. The van der Waals surface area contributed by atoms with Gasteiger partial charge in [-0.2, -0.15) is 9.97 Å². The molecule has 0 aliphatic rings. The maximum absolute atomic E-state index is 10.9. The molecule has 0 spiro atoms. The summed E-state index contributed by atoms with van der Waals surface area (Å²) in [5.74, 6) is -0.00322. The highest BCUT2D eigenvalue weighted by Crippen LogP contribution is 2.14. The number of H-pyrrole nitrogens is 1. The molecule has 0 aliphatic carbocycles. The number of primary sulfonamides is 1. The predicted molar refractivity (Wildman–Crippen MR) is 47.5 cm³/mol. The molecule has 2 heterocycles. The smallest absolute Gasteiger partial charge is 0.273 e. The van der Waals surface area contributed by atoms with Crippen molar-refractivity contribution in [3.05, 3.63) is 6.33 Å². The molecule has 5 N–H and O–H groups in total. The van der Waals surface area contributed by atoms with Gasteiger partial charge in [-0.05, 0) is 0 Å². The van der Waals surface area contributed by atoms with E-state index in [4.69, 9.17) is 10.9 Å². The summed E-state index contributed by atoms with van der Waals surface area (Å²) in [5.41, 5.74) is 6.01. The summed E-state index contributed by atoms with van der Waals surface area (Å²) < 4.78 is 21.8. The summed E-state index contributed by atoms with van der Waals surface area (Å²) in [6.07, 6.45) is 1.34. The molecular weight excluding hydrogens is 208 g/mol. The van der Waals surface area contributed by atoms with Gasteiger partial charge in [0, 0.05) is 0 Å². The van der Waals surface area contributed by atoms with Crippen molar-refractivity contribution in [2.75, 3.05) is 5.73 Å². The molecule has 2 aromatic rings. The van der Waals surface area contributed by atoms with Crippen LogP contribution >= 0.6 is 0 Å². The van der Waals surface area contributed by atoms with Gasteiger partial charge in [0.2, 0.25) is 0 Å².